The zero-order chi connectivity index (χ0) is 22.9. The Hall–Kier alpha value is -3.07. The Bertz CT molecular complexity index is 1030. The van der Waals surface area contributed by atoms with E-state index < -0.39 is 11.9 Å². The first kappa shape index (κ1) is 22.1. The Morgan fingerprint density at radius 1 is 1.19 bits per heavy atom. The van der Waals surface area contributed by atoms with Crippen LogP contribution in [0.25, 0.3) is 0 Å². The number of benzene rings is 1. The molecule has 0 fully saturated rings. The zero-order valence-corrected chi connectivity index (χ0v) is 17.8. The van der Waals surface area contributed by atoms with Crippen molar-refractivity contribution in [2.75, 3.05) is 7.05 Å². The number of ether oxygens (including phenoxy) is 2. The minimum atomic E-state index is -4.73. The maximum atomic E-state index is 12.3. The smallest absolute Gasteiger partial charge is 0.508 e. The van der Waals surface area contributed by atoms with Gasteiger partial charge >= 0.3 is 6.36 Å². The van der Waals surface area contributed by atoms with Gasteiger partial charge in [-0.2, -0.15) is 0 Å². The van der Waals surface area contributed by atoms with Gasteiger partial charge in [-0.25, -0.2) is 4.99 Å². The largest absolute Gasteiger partial charge is 0.573 e. The summed E-state index contributed by atoms with van der Waals surface area (Å²) in [7, 11) is 2.00. The quantitative estimate of drug-likeness (QED) is 0.663. The first-order valence-electron chi connectivity index (χ1n) is 10.4. The van der Waals surface area contributed by atoms with E-state index in [1.165, 1.54) is 24.3 Å². The van der Waals surface area contributed by atoms with Gasteiger partial charge in [-0.15, -0.1) is 13.2 Å². The Morgan fingerprint density at radius 3 is 2.62 bits per heavy atom. The number of rotatable bonds is 6. The molecule has 6 nitrogen and oxygen atoms in total. The van der Waals surface area contributed by atoms with Gasteiger partial charge in [-0.05, 0) is 43.3 Å². The van der Waals surface area contributed by atoms with Gasteiger partial charge in [-0.3, -0.25) is 9.89 Å². The van der Waals surface area contributed by atoms with Gasteiger partial charge in [0.25, 0.3) is 0 Å². The number of dihydropyridines is 1. The van der Waals surface area contributed by atoms with Gasteiger partial charge in [0.2, 0.25) is 5.90 Å². The summed E-state index contributed by atoms with van der Waals surface area (Å²) in [5.74, 6) is 0.135. The van der Waals surface area contributed by atoms with E-state index in [2.05, 4.69) is 21.6 Å². The minimum absolute atomic E-state index is 0.00440. The fourth-order valence-corrected chi connectivity index (χ4v) is 4.08. The Kier molecular flexibility index (Phi) is 5.85. The lowest BCUT2D eigenvalue weighted by Gasteiger charge is -2.39. The molecule has 1 aromatic rings. The average molecular weight is 447 g/mol. The SMILES string of the molecule is CCCCC1N=C2C=C(O)C=C3N=C(OCc4ccc(OC(F)(F)F)cc4)C=CC32N1C. The molecule has 0 saturated heterocycles. The highest BCUT2D eigenvalue weighted by atomic mass is 19.4. The van der Waals surface area contributed by atoms with Crippen LogP contribution in [-0.4, -0.2) is 46.7 Å². The number of unbranched alkanes of at least 4 members (excludes halogenated alkanes) is 1. The van der Waals surface area contributed by atoms with E-state index in [-0.39, 0.29) is 24.3 Å². The van der Waals surface area contributed by atoms with Crippen LogP contribution in [-0.2, 0) is 11.3 Å². The van der Waals surface area contributed by atoms with Crippen molar-refractivity contribution in [3.8, 4) is 5.75 Å². The van der Waals surface area contributed by atoms with Crippen LogP contribution in [0.15, 0.2) is 70.0 Å². The number of aliphatic hydroxyl groups is 1. The summed E-state index contributed by atoms with van der Waals surface area (Å²) in [6, 6.07) is 5.47. The summed E-state index contributed by atoms with van der Waals surface area (Å²) in [4.78, 5) is 11.6. The fraction of sp³-hybridized carbons (Fsp3) is 0.391. The topological polar surface area (TPSA) is 66.7 Å². The van der Waals surface area contributed by atoms with Gasteiger partial charge in [0.05, 0.1) is 11.4 Å². The van der Waals surface area contributed by atoms with Crippen molar-refractivity contribution in [3.05, 3.63) is 65.6 Å². The Balaban J connectivity index is 1.47. The van der Waals surface area contributed by atoms with E-state index >= 15 is 0 Å². The maximum absolute atomic E-state index is 12.3. The van der Waals surface area contributed by atoms with Crippen LogP contribution < -0.4 is 4.74 Å². The molecule has 4 rings (SSSR count). The second kappa shape index (κ2) is 8.46. The van der Waals surface area contributed by atoms with Crippen molar-refractivity contribution in [1.29, 1.82) is 0 Å². The molecular formula is C23H24F3N3O3. The van der Waals surface area contributed by atoms with E-state index in [0.717, 1.165) is 25.0 Å². The fourth-order valence-electron chi connectivity index (χ4n) is 4.08. The molecule has 0 bridgehead atoms. The molecule has 1 aliphatic carbocycles. The summed E-state index contributed by atoms with van der Waals surface area (Å²) < 4.78 is 46.5. The van der Waals surface area contributed by atoms with E-state index in [0.29, 0.717) is 17.2 Å². The lowest BCUT2D eigenvalue weighted by atomic mass is 9.83. The Morgan fingerprint density at radius 2 is 1.94 bits per heavy atom. The van der Waals surface area contributed by atoms with Crippen LogP contribution in [0.3, 0.4) is 0 Å². The highest BCUT2D eigenvalue weighted by Gasteiger charge is 2.51. The van der Waals surface area contributed by atoms with Crippen LogP contribution in [0.1, 0.15) is 31.7 Å². The predicted molar refractivity (Wildman–Crippen MR) is 115 cm³/mol. The lowest BCUT2D eigenvalue weighted by molar-refractivity contribution is -0.274. The molecule has 1 spiro atoms. The molecular weight excluding hydrogens is 423 g/mol. The summed E-state index contributed by atoms with van der Waals surface area (Å²) in [6.45, 7) is 2.25. The van der Waals surface area contributed by atoms with Crippen LogP contribution in [0.2, 0.25) is 0 Å². The van der Waals surface area contributed by atoms with Crippen molar-refractivity contribution in [3.63, 3.8) is 0 Å². The van der Waals surface area contributed by atoms with Crippen LogP contribution >= 0.6 is 0 Å². The van der Waals surface area contributed by atoms with Crippen LogP contribution in [0.4, 0.5) is 13.2 Å². The minimum Gasteiger partial charge on any atom is -0.508 e. The molecule has 3 aliphatic rings. The molecule has 1 N–H and O–H groups in total. The van der Waals surface area contributed by atoms with E-state index in [1.54, 1.807) is 18.2 Å². The number of halogens is 3. The maximum Gasteiger partial charge on any atom is 0.573 e. The van der Waals surface area contributed by atoms with Gasteiger partial charge in [-0.1, -0.05) is 31.9 Å². The molecule has 2 aliphatic heterocycles. The number of hydrogen-bond donors (Lipinski definition) is 1. The number of aliphatic imine (C=N–C) groups is 2. The molecule has 0 amide bonds. The molecule has 0 radical (unpaired) electrons. The zero-order valence-electron chi connectivity index (χ0n) is 17.8. The molecule has 32 heavy (non-hydrogen) atoms. The number of alkyl halides is 3. The second-order valence-electron chi connectivity index (χ2n) is 7.88. The van der Waals surface area contributed by atoms with Crippen LogP contribution in [0.5, 0.6) is 5.75 Å². The number of aliphatic hydroxyl groups excluding tert-OH is 1. The summed E-state index contributed by atoms with van der Waals surface area (Å²) in [5.41, 5.74) is 1.38. The van der Waals surface area contributed by atoms with Crippen molar-refractivity contribution in [2.45, 2.75) is 50.9 Å². The van der Waals surface area contributed by atoms with Gasteiger partial charge in [0.15, 0.2) is 0 Å². The highest BCUT2D eigenvalue weighted by molar-refractivity contribution is 6.11. The Labute approximate surface area is 184 Å². The first-order valence-corrected chi connectivity index (χ1v) is 10.4. The number of hydrogen-bond acceptors (Lipinski definition) is 6. The third kappa shape index (κ3) is 4.29. The van der Waals surface area contributed by atoms with E-state index in [4.69, 9.17) is 9.73 Å². The van der Waals surface area contributed by atoms with Crippen molar-refractivity contribution >= 4 is 11.6 Å². The van der Waals surface area contributed by atoms with E-state index in [1.807, 2.05) is 13.1 Å². The number of allylic oxidation sites excluding steroid dienone is 1. The predicted octanol–water partition coefficient (Wildman–Crippen LogP) is 5.05. The van der Waals surface area contributed by atoms with Gasteiger partial charge in [0.1, 0.15) is 29.8 Å². The van der Waals surface area contributed by atoms with Gasteiger partial charge in [0, 0.05) is 12.2 Å². The molecule has 2 unspecified atom stereocenters. The summed E-state index contributed by atoms with van der Waals surface area (Å²) in [6.07, 6.45) is 5.30. The second-order valence-corrected chi connectivity index (χ2v) is 7.88. The molecule has 2 heterocycles. The monoisotopic (exact) mass is 447 g/mol. The van der Waals surface area contributed by atoms with Gasteiger partial charge < -0.3 is 14.6 Å². The summed E-state index contributed by atoms with van der Waals surface area (Å²) >= 11 is 0. The number of likely N-dealkylation sites (N-methyl/N-ethyl adjacent to an activating group) is 1. The third-order valence-corrected chi connectivity index (χ3v) is 5.70. The molecule has 1 aromatic carbocycles. The normalized spacial score (nSPS) is 24.7. The third-order valence-electron chi connectivity index (χ3n) is 5.70. The number of nitrogens with zero attached hydrogens (tertiary/aromatic N) is 3. The molecule has 0 aromatic heterocycles. The lowest BCUT2D eigenvalue weighted by Crippen LogP contribution is -2.52. The van der Waals surface area contributed by atoms with E-state index in [9.17, 15) is 18.3 Å². The van der Waals surface area contributed by atoms with Crippen molar-refractivity contribution < 1.29 is 27.8 Å². The molecule has 170 valence electrons. The first-order chi connectivity index (χ1) is 15.2. The van der Waals surface area contributed by atoms with Crippen LogP contribution in [0, 0.1) is 0 Å². The molecule has 2 atom stereocenters. The van der Waals surface area contributed by atoms with Crippen molar-refractivity contribution in [2.24, 2.45) is 9.98 Å². The molecule has 0 saturated carbocycles. The molecule has 9 heteroatoms. The van der Waals surface area contributed by atoms with Crippen molar-refractivity contribution in [1.82, 2.24) is 4.90 Å². The highest BCUT2D eigenvalue weighted by Crippen LogP contribution is 2.42. The average Bonchev–Trinajstić information content (AvgIpc) is 3.00. The summed E-state index contributed by atoms with van der Waals surface area (Å²) in [5, 5.41) is 10.2. The standard InChI is InChI=1S/C23H24F3N3O3/c1-3-4-5-20-27-18-12-16(30)13-19-22(18,29(20)2)11-10-21(28-19)31-14-15-6-8-17(9-7-15)32-23(24,25)26/h6-13,20,30H,3-5,14H2,1-2H3.